The maximum absolute atomic E-state index is 5.89. The highest BCUT2D eigenvalue weighted by Gasteiger charge is 2.07. The van der Waals surface area contributed by atoms with Crippen molar-refractivity contribution in [3.63, 3.8) is 0 Å². The Bertz CT molecular complexity index is 817. The average molecular weight is 309 g/mol. The molecule has 0 saturated carbocycles. The van der Waals surface area contributed by atoms with Crippen molar-refractivity contribution < 1.29 is 4.74 Å². The summed E-state index contributed by atoms with van der Waals surface area (Å²) >= 11 is 0. The topological polar surface area (TPSA) is 85.1 Å². The Morgan fingerprint density at radius 3 is 2.57 bits per heavy atom. The molecule has 0 aliphatic rings. The zero-order valence-electron chi connectivity index (χ0n) is 13.1. The molecule has 3 rings (SSSR count). The first-order chi connectivity index (χ1) is 11.2. The summed E-state index contributed by atoms with van der Waals surface area (Å²) in [4.78, 5) is 8.93. The highest BCUT2D eigenvalue weighted by molar-refractivity contribution is 5.92. The largest absolute Gasteiger partial charge is 0.497 e. The Labute approximate surface area is 134 Å². The summed E-state index contributed by atoms with van der Waals surface area (Å²) in [5.74, 6) is 2.16. The van der Waals surface area contributed by atoms with Crippen molar-refractivity contribution in [2.24, 2.45) is 0 Å². The van der Waals surface area contributed by atoms with E-state index in [1.54, 1.807) is 14.2 Å². The van der Waals surface area contributed by atoms with Crippen LogP contribution in [0.3, 0.4) is 0 Å². The van der Waals surface area contributed by atoms with Gasteiger partial charge in [-0.15, -0.1) is 0 Å². The van der Waals surface area contributed by atoms with Crippen molar-refractivity contribution in [3.8, 4) is 5.75 Å². The van der Waals surface area contributed by atoms with Gasteiger partial charge >= 0.3 is 0 Å². The summed E-state index contributed by atoms with van der Waals surface area (Å²) in [6.07, 6.45) is 0. The molecular formula is C17H19N5O. The first-order valence-corrected chi connectivity index (χ1v) is 7.31. The molecule has 0 amide bonds. The molecule has 0 bridgehead atoms. The summed E-state index contributed by atoms with van der Waals surface area (Å²) in [6.45, 7) is 0.647. The molecule has 0 radical (unpaired) electrons. The van der Waals surface area contributed by atoms with Crippen LogP contribution in [-0.2, 0) is 6.54 Å². The van der Waals surface area contributed by atoms with E-state index in [1.807, 2.05) is 42.5 Å². The Morgan fingerprint density at radius 2 is 1.87 bits per heavy atom. The zero-order chi connectivity index (χ0) is 16.2. The molecule has 4 N–H and O–H groups in total. The molecule has 0 atom stereocenters. The molecule has 0 spiro atoms. The van der Waals surface area contributed by atoms with Crippen LogP contribution in [0.15, 0.2) is 42.5 Å². The number of fused-ring (bicyclic) bond motifs is 1. The van der Waals surface area contributed by atoms with Gasteiger partial charge in [-0.1, -0.05) is 12.1 Å². The molecule has 0 unspecified atom stereocenters. The fraction of sp³-hybridized carbons (Fsp3) is 0.176. The standard InChI is InChI=1S/C17H19N5O/c1-19-17-21-15-8-5-12(18)9-14(15)16(22-17)20-10-11-3-6-13(23-2)7-4-11/h3-9H,10,18H2,1-2H3,(H2,19,20,21,22). The number of nitrogen functional groups attached to an aromatic ring is 1. The van der Waals surface area contributed by atoms with E-state index >= 15 is 0 Å². The Morgan fingerprint density at radius 1 is 1.09 bits per heavy atom. The molecule has 1 aromatic heterocycles. The van der Waals surface area contributed by atoms with E-state index in [4.69, 9.17) is 10.5 Å². The SMILES string of the molecule is CNc1nc(NCc2ccc(OC)cc2)c2cc(N)ccc2n1. The highest BCUT2D eigenvalue weighted by Crippen LogP contribution is 2.25. The number of methoxy groups -OCH3 is 1. The lowest BCUT2D eigenvalue weighted by atomic mass is 10.2. The van der Waals surface area contributed by atoms with E-state index in [9.17, 15) is 0 Å². The van der Waals surface area contributed by atoms with Crippen LogP contribution in [-0.4, -0.2) is 24.1 Å². The maximum Gasteiger partial charge on any atom is 0.224 e. The number of rotatable bonds is 5. The van der Waals surface area contributed by atoms with Crippen molar-refractivity contribution in [3.05, 3.63) is 48.0 Å². The molecule has 6 nitrogen and oxygen atoms in total. The second kappa shape index (κ2) is 6.39. The second-order valence-electron chi connectivity index (χ2n) is 5.12. The van der Waals surface area contributed by atoms with Crippen LogP contribution in [0.5, 0.6) is 5.75 Å². The van der Waals surface area contributed by atoms with Gasteiger partial charge in [0.25, 0.3) is 0 Å². The van der Waals surface area contributed by atoms with Crippen molar-refractivity contribution >= 4 is 28.4 Å². The number of nitrogens with one attached hydrogen (secondary N) is 2. The fourth-order valence-corrected chi connectivity index (χ4v) is 2.32. The third-order valence-electron chi connectivity index (χ3n) is 3.56. The predicted molar refractivity (Wildman–Crippen MR) is 93.8 cm³/mol. The van der Waals surface area contributed by atoms with E-state index in [-0.39, 0.29) is 0 Å². The van der Waals surface area contributed by atoms with Gasteiger partial charge in [0.1, 0.15) is 11.6 Å². The van der Waals surface area contributed by atoms with Crippen LogP contribution in [0.2, 0.25) is 0 Å². The number of aromatic nitrogens is 2. The number of nitrogens with two attached hydrogens (primary N) is 1. The van der Waals surface area contributed by atoms with Crippen LogP contribution in [0.25, 0.3) is 10.9 Å². The van der Waals surface area contributed by atoms with Gasteiger partial charge in [0, 0.05) is 24.7 Å². The van der Waals surface area contributed by atoms with Gasteiger partial charge in [0.15, 0.2) is 0 Å². The fourth-order valence-electron chi connectivity index (χ4n) is 2.32. The van der Waals surface area contributed by atoms with Gasteiger partial charge < -0.3 is 21.1 Å². The second-order valence-corrected chi connectivity index (χ2v) is 5.12. The lowest BCUT2D eigenvalue weighted by Gasteiger charge is -2.11. The number of benzene rings is 2. The number of hydrogen-bond acceptors (Lipinski definition) is 6. The van der Waals surface area contributed by atoms with Crippen molar-refractivity contribution in [2.75, 3.05) is 30.5 Å². The van der Waals surface area contributed by atoms with Crippen LogP contribution < -0.4 is 21.1 Å². The lowest BCUT2D eigenvalue weighted by molar-refractivity contribution is 0.414. The van der Waals surface area contributed by atoms with E-state index in [0.717, 1.165) is 28.0 Å². The monoisotopic (exact) mass is 309 g/mol. The normalized spacial score (nSPS) is 10.5. The molecular weight excluding hydrogens is 290 g/mol. The van der Waals surface area contributed by atoms with Crippen molar-refractivity contribution in [1.29, 1.82) is 0 Å². The lowest BCUT2D eigenvalue weighted by Crippen LogP contribution is -2.06. The molecule has 0 fully saturated rings. The Hall–Kier alpha value is -3.02. The number of ether oxygens (including phenoxy) is 1. The van der Waals surface area contributed by atoms with Gasteiger partial charge in [-0.05, 0) is 35.9 Å². The predicted octanol–water partition coefficient (Wildman–Crippen LogP) is 2.87. The third-order valence-corrected chi connectivity index (χ3v) is 3.56. The maximum atomic E-state index is 5.89. The Kier molecular flexibility index (Phi) is 4.14. The summed E-state index contributed by atoms with van der Waals surface area (Å²) in [5.41, 5.74) is 8.55. The summed E-state index contributed by atoms with van der Waals surface area (Å²) in [7, 11) is 3.45. The molecule has 2 aromatic carbocycles. The van der Waals surface area contributed by atoms with Crippen LogP contribution in [0, 0.1) is 0 Å². The zero-order valence-corrected chi connectivity index (χ0v) is 13.1. The van der Waals surface area contributed by atoms with Crippen LogP contribution in [0.1, 0.15) is 5.56 Å². The molecule has 118 valence electrons. The van der Waals surface area contributed by atoms with Gasteiger partial charge in [-0.3, -0.25) is 0 Å². The molecule has 1 heterocycles. The number of anilines is 3. The molecule has 0 aliphatic carbocycles. The molecule has 23 heavy (non-hydrogen) atoms. The molecule has 0 aliphatic heterocycles. The minimum Gasteiger partial charge on any atom is -0.497 e. The van der Waals surface area contributed by atoms with E-state index < -0.39 is 0 Å². The van der Waals surface area contributed by atoms with Crippen molar-refractivity contribution in [2.45, 2.75) is 6.54 Å². The minimum absolute atomic E-state index is 0.569. The smallest absolute Gasteiger partial charge is 0.224 e. The molecule has 0 saturated heterocycles. The molecule has 3 aromatic rings. The number of hydrogen-bond donors (Lipinski definition) is 3. The van der Waals surface area contributed by atoms with Crippen LogP contribution >= 0.6 is 0 Å². The van der Waals surface area contributed by atoms with Crippen LogP contribution in [0.4, 0.5) is 17.5 Å². The van der Waals surface area contributed by atoms with Gasteiger partial charge in [-0.2, -0.15) is 4.98 Å². The summed E-state index contributed by atoms with van der Waals surface area (Å²) in [5, 5.41) is 7.23. The summed E-state index contributed by atoms with van der Waals surface area (Å²) < 4.78 is 5.17. The Balaban J connectivity index is 1.89. The van der Waals surface area contributed by atoms with E-state index in [0.29, 0.717) is 18.2 Å². The average Bonchev–Trinajstić information content (AvgIpc) is 2.60. The molecule has 6 heteroatoms. The summed E-state index contributed by atoms with van der Waals surface area (Å²) in [6, 6.07) is 13.5. The van der Waals surface area contributed by atoms with Gasteiger partial charge in [0.2, 0.25) is 5.95 Å². The van der Waals surface area contributed by atoms with Gasteiger partial charge in [-0.25, -0.2) is 4.98 Å². The minimum atomic E-state index is 0.569. The van der Waals surface area contributed by atoms with E-state index in [1.165, 1.54) is 0 Å². The first-order valence-electron chi connectivity index (χ1n) is 7.31. The third kappa shape index (κ3) is 3.26. The van der Waals surface area contributed by atoms with Gasteiger partial charge in [0.05, 0.1) is 12.6 Å². The first kappa shape index (κ1) is 14.9. The van der Waals surface area contributed by atoms with E-state index in [2.05, 4.69) is 20.6 Å². The quantitative estimate of drug-likeness (QED) is 0.628. The highest BCUT2D eigenvalue weighted by atomic mass is 16.5. The number of nitrogens with zero attached hydrogens (tertiary/aromatic N) is 2. The van der Waals surface area contributed by atoms with Crippen molar-refractivity contribution in [1.82, 2.24) is 9.97 Å².